The van der Waals surface area contributed by atoms with Crippen molar-refractivity contribution < 1.29 is 19.3 Å². The number of non-ortho nitro benzene ring substituents is 1. The molecule has 3 amide bonds. The van der Waals surface area contributed by atoms with Crippen LogP contribution in [0.1, 0.15) is 11.1 Å². The van der Waals surface area contributed by atoms with Gasteiger partial charge in [-0.25, -0.2) is 0 Å². The second kappa shape index (κ2) is 10.6. The Morgan fingerprint density at radius 3 is 2.45 bits per heavy atom. The van der Waals surface area contributed by atoms with Crippen LogP contribution in [0.5, 0.6) is 0 Å². The first-order valence-electron chi connectivity index (χ1n) is 11.4. The summed E-state index contributed by atoms with van der Waals surface area (Å²) in [6, 6.07) is 21.0. The highest BCUT2D eigenvalue weighted by molar-refractivity contribution is 9.10. The molecule has 3 aromatic carbocycles. The minimum atomic E-state index is -0.529. The van der Waals surface area contributed by atoms with Crippen molar-refractivity contribution in [3.05, 3.63) is 110 Å². The first-order valence-corrected chi connectivity index (χ1v) is 13.0. The molecule has 0 saturated carbocycles. The predicted molar refractivity (Wildman–Crippen MR) is 150 cm³/mol. The van der Waals surface area contributed by atoms with Crippen molar-refractivity contribution in [2.45, 2.75) is 6.54 Å². The fraction of sp³-hybridized carbons (Fsp3) is 0.0741. The van der Waals surface area contributed by atoms with Crippen molar-refractivity contribution in [3.8, 4) is 0 Å². The van der Waals surface area contributed by atoms with Crippen LogP contribution in [0.2, 0.25) is 0 Å². The number of amides is 3. The minimum Gasteiger partial charge on any atom is -0.342 e. The first-order chi connectivity index (χ1) is 18.3. The third-order valence-corrected chi connectivity index (χ3v) is 7.35. The van der Waals surface area contributed by atoms with Crippen molar-refractivity contribution in [2.75, 3.05) is 11.9 Å². The number of nitro benzene ring substituents is 1. The van der Waals surface area contributed by atoms with Crippen molar-refractivity contribution in [3.63, 3.8) is 0 Å². The third-order valence-electron chi connectivity index (χ3n) is 5.91. The number of anilines is 1. The zero-order valence-corrected chi connectivity index (χ0v) is 22.1. The van der Waals surface area contributed by atoms with Gasteiger partial charge in [0.15, 0.2) is 0 Å². The number of fused-ring (bicyclic) bond motifs is 1. The summed E-state index contributed by atoms with van der Waals surface area (Å²) in [5.41, 5.74) is 3.10. The number of thioether (sulfide) groups is 1. The van der Waals surface area contributed by atoms with Gasteiger partial charge in [-0.2, -0.15) is 0 Å². The second-order valence-electron chi connectivity index (χ2n) is 8.48. The Hall–Kier alpha value is -4.22. The lowest BCUT2D eigenvalue weighted by Crippen LogP contribution is -2.36. The molecule has 0 atom stereocenters. The average Bonchev–Trinajstić information content (AvgIpc) is 3.37. The maximum absolute atomic E-state index is 13.0. The van der Waals surface area contributed by atoms with Gasteiger partial charge in [0.2, 0.25) is 5.91 Å². The maximum Gasteiger partial charge on any atom is 0.294 e. The van der Waals surface area contributed by atoms with E-state index in [1.165, 1.54) is 12.1 Å². The van der Waals surface area contributed by atoms with E-state index in [0.29, 0.717) is 12.2 Å². The molecule has 4 aromatic rings. The molecule has 11 heteroatoms. The SMILES string of the molecule is O=C(CN1C(=O)S/C(=C\c2cn(Cc3ccc([N+](=O)[O-])cc3)c3ccccc23)C1=O)Nc1ccc(Br)cc1. The Morgan fingerprint density at radius 1 is 1.03 bits per heavy atom. The van der Waals surface area contributed by atoms with E-state index in [1.807, 2.05) is 35.0 Å². The summed E-state index contributed by atoms with van der Waals surface area (Å²) in [6.07, 6.45) is 3.53. The molecule has 1 saturated heterocycles. The van der Waals surface area contributed by atoms with Gasteiger partial charge in [-0.3, -0.25) is 29.4 Å². The van der Waals surface area contributed by atoms with Gasteiger partial charge in [0, 0.05) is 51.5 Å². The highest BCUT2D eigenvalue weighted by Gasteiger charge is 2.36. The van der Waals surface area contributed by atoms with Crippen LogP contribution in [-0.2, 0) is 16.1 Å². The smallest absolute Gasteiger partial charge is 0.294 e. The number of nitro groups is 1. The van der Waals surface area contributed by atoms with Crippen LogP contribution in [0.25, 0.3) is 17.0 Å². The number of carbonyl (C=O) groups excluding carboxylic acids is 3. The molecule has 2 heterocycles. The van der Waals surface area contributed by atoms with Crippen LogP contribution in [0.3, 0.4) is 0 Å². The van der Waals surface area contributed by atoms with Crippen LogP contribution in [0.15, 0.2) is 88.4 Å². The summed E-state index contributed by atoms with van der Waals surface area (Å²) in [7, 11) is 0. The van der Waals surface area contributed by atoms with E-state index < -0.39 is 22.0 Å². The summed E-state index contributed by atoms with van der Waals surface area (Å²) in [5.74, 6) is -1.01. The molecule has 190 valence electrons. The Balaban J connectivity index is 1.36. The Labute approximate surface area is 229 Å². The number of aromatic nitrogens is 1. The third kappa shape index (κ3) is 5.38. The standard InChI is InChI=1S/C27H19BrN4O5S/c28-19-7-9-20(10-8-19)29-25(33)16-31-26(34)24(38-27(31)35)13-18-15-30(23-4-2-1-3-22(18)23)14-17-5-11-21(12-6-17)32(36)37/h1-13,15H,14,16H2,(H,29,33)/b24-13-. The number of halogens is 1. The van der Waals surface area contributed by atoms with Crippen LogP contribution in [0, 0.1) is 10.1 Å². The molecule has 0 radical (unpaired) electrons. The van der Waals surface area contributed by atoms with Crippen molar-refractivity contribution in [1.29, 1.82) is 0 Å². The molecular formula is C27H19BrN4O5S. The predicted octanol–water partition coefficient (Wildman–Crippen LogP) is 6.04. The largest absolute Gasteiger partial charge is 0.342 e. The molecule has 1 aliphatic heterocycles. The highest BCUT2D eigenvalue weighted by atomic mass is 79.9. The lowest BCUT2D eigenvalue weighted by atomic mass is 10.1. The normalized spacial score (nSPS) is 14.4. The van der Waals surface area contributed by atoms with Gasteiger partial charge >= 0.3 is 0 Å². The van der Waals surface area contributed by atoms with E-state index in [1.54, 1.807) is 42.5 Å². The quantitative estimate of drug-likeness (QED) is 0.159. The molecule has 1 aromatic heterocycles. The van der Waals surface area contributed by atoms with Crippen LogP contribution in [-0.4, -0.2) is 38.0 Å². The van der Waals surface area contributed by atoms with Crippen molar-refractivity contribution in [1.82, 2.24) is 9.47 Å². The van der Waals surface area contributed by atoms with Crippen molar-refractivity contribution in [2.24, 2.45) is 0 Å². The van der Waals surface area contributed by atoms with Crippen molar-refractivity contribution >= 4 is 73.1 Å². The molecule has 1 fully saturated rings. The van der Waals surface area contributed by atoms with Gasteiger partial charge in [0.25, 0.3) is 16.8 Å². The molecule has 1 N–H and O–H groups in total. The number of nitrogens with zero attached hydrogens (tertiary/aromatic N) is 3. The Kier molecular flexibility index (Phi) is 7.12. The number of benzene rings is 3. The number of carbonyl (C=O) groups is 3. The zero-order valence-electron chi connectivity index (χ0n) is 19.7. The molecule has 38 heavy (non-hydrogen) atoms. The van der Waals surface area contributed by atoms with Crippen LogP contribution < -0.4 is 5.32 Å². The van der Waals surface area contributed by atoms with E-state index in [-0.39, 0.29) is 17.1 Å². The summed E-state index contributed by atoms with van der Waals surface area (Å²) in [6.45, 7) is 0.0734. The molecule has 0 spiro atoms. The van der Waals surface area contributed by atoms with E-state index in [4.69, 9.17) is 0 Å². The molecule has 0 bridgehead atoms. The lowest BCUT2D eigenvalue weighted by molar-refractivity contribution is -0.384. The second-order valence-corrected chi connectivity index (χ2v) is 10.4. The lowest BCUT2D eigenvalue weighted by Gasteiger charge is -2.12. The van der Waals surface area contributed by atoms with Gasteiger partial charge in [0.1, 0.15) is 6.54 Å². The fourth-order valence-corrected chi connectivity index (χ4v) is 5.19. The monoisotopic (exact) mass is 590 g/mol. The number of rotatable bonds is 7. The molecule has 0 unspecified atom stereocenters. The zero-order chi connectivity index (χ0) is 26.8. The van der Waals surface area contributed by atoms with Gasteiger partial charge < -0.3 is 9.88 Å². The van der Waals surface area contributed by atoms with Gasteiger partial charge in [-0.1, -0.05) is 46.3 Å². The van der Waals surface area contributed by atoms with E-state index >= 15 is 0 Å². The topological polar surface area (TPSA) is 115 Å². The molecule has 5 rings (SSSR count). The highest BCUT2D eigenvalue weighted by Crippen LogP contribution is 2.34. The molecule has 1 aliphatic rings. The number of hydrogen-bond acceptors (Lipinski definition) is 6. The van der Waals surface area contributed by atoms with Gasteiger partial charge in [0.05, 0.1) is 9.83 Å². The van der Waals surface area contributed by atoms with E-state index in [2.05, 4.69) is 21.2 Å². The summed E-state index contributed by atoms with van der Waals surface area (Å²) < 4.78 is 2.85. The fourth-order valence-electron chi connectivity index (χ4n) is 4.10. The summed E-state index contributed by atoms with van der Waals surface area (Å²) in [5, 5.41) is 14.0. The summed E-state index contributed by atoms with van der Waals surface area (Å²) in [4.78, 5) is 49.8. The summed E-state index contributed by atoms with van der Waals surface area (Å²) >= 11 is 4.12. The van der Waals surface area contributed by atoms with Gasteiger partial charge in [-0.05, 0) is 53.7 Å². The van der Waals surface area contributed by atoms with E-state index in [9.17, 15) is 24.5 Å². The number of hydrogen-bond donors (Lipinski definition) is 1. The molecule has 9 nitrogen and oxygen atoms in total. The average molecular weight is 591 g/mol. The number of para-hydroxylation sites is 1. The number of imide groups is 1. The van der Waals surface area contributed by atoms with Gasteiger partial charge in [-0.15, -0.1) is 0 Å². The molecular weight excluding hydrogens is 572 g/mol. The van der Waals surface area contributed by atoms with E-state index in [0.717, 1.165) is 43.2 Å². The van der Waals surface area contributed by atoms with Crippen LogP contribution >= 0.6 is 27.7 Å². The number of nitrogens with one attached hydrogen (secondary N) is 1. The maximum atomic E-state index is 13.0. The minimum absolute atomic E-state index is 0.0213. The van der Waals surface area contributed by atoms with Crippen LogP contribution in [0.4, 0.5) is 16.2 Å². The first kappa shape index (κ1) is 25.4. The Bertz CT molecular complexity index is 1610. The Morgan fingerprint density at radius 2 is 1.74 bits per heavy atom. The molecule has 0 aliphatic carbocycles.